The lowest BCUT2D eigenvalue weighted by molar-refractivity contribution is 0.713. The molecule has 0 bridgehead atoms. The van der Waals surface area contributed by atoms with E-state index in [2.05, 4.69) is 35.0 Å². The minimum absolute atomic E-state index is 0.270. The molecule has 0 radical (unpaired) electrons. The Hall–Kier alpha value is -0.340. The quantitative estimate of drug-likeness (QED) is 0.723. The highest BCUT2D eigenvalue weighted by Gasteiger charge is 2.20. The molecule has 64 valence electrons. The fraction of sp³-hybridized carbons (Fsp3) is 0.400. The van der Waals surface area contributed by atoms with Gasteiger partial charge in [0.25, 0.3) is 0 Å². The molecule has 0 heterocycles. The second kappa shape index (κ2) is 2.86. The molecule has 1 aliphatic carbocycles. The van der Waals surface area contributed by atoms with Crippen LogP contribution in [0.15, 0.2) is 16.6 Å². The van der Waals surface area contributed by atoms with E-state index in [1.807, 2.05) is 0 Å². The molecule has 2 heteroatoms. The highest BCUT2D eigenvalue weighted by atomic mass is 79.9. The van der Waals surface area contributed by atoms with Crippen LogP contribution >= 0.6 is 15.9 Å². The molecule has 0 saturated heterocycles. The Morgan fingerprint density at radius 1 is 1.50 bits per heavy atom. The van der Waals surface area contributed by atoms with Gasteiger partial charge in [0, 0.05) is 10.5 Å². The molecule has 0 amide bonds. The van der Waals surface area contributed by atoms with E-state index in [0.29, 0.717) is 0 Å². The summed E-state index contributed by atoms with van der Waals surface area (Å²) in [4.78, 5) is 0. The first-order valence-electron chi connectivity index (χ1n) is 4.23. The van der Waals surface area contributed by atoms with Crippen molar-refractivity contribution in [1.82, 2.24) is 0 Å². The monoisotopic (exact) mass is 225 g/mol. The largest absolute Gasteiger partial charge is 0.324 e. The Morgan fingerprint density at radius 3 is 3.00 bits per heavy atom. The number of fused-ring (bicyclic) bond motifs is 1. The van der Waals surface area contributed by atoms with Crippen molar-refractivity contribution in [3.05, 3.63) is 33.3 Å². The highest BCUT2D eigenvalue weighted by molar-refractivity contribution is 9.10. The first-order chi connectivity index (χ1) is 5.70. The van der Waals surface area contributed by atoms with Crippen LogP contribution in [0.1, 0.15) is 29.2 Å². The molecule has 0 spiro atoms. The van der Waals surface area contributed by atoms with E-state index in [1.54, 1.807) is 0 Å². The second-order valence-corrected chi connectivity index (χ2v) is 4.24. The minimum Gasteiger partial charge on any atom is -0.324 e. The van der Waals surface area contributed by atoms with Crippen molar-refractivity contribution in [1.29, 1.82) is 0 Å². The van der Waals surface area contributed by atoms with Gasteiger partial charge in [-0.1, -0.05) is 22.0 Å². The van der Waals surface area contributed by atoms with Gasteiger partial charge in [-0.15, -0.1) is 0 Å². The summed E-state index contributed by atoms with van der Waals surface area (Å²) in [6.45, 7) is 2.15. The van der Waals surface area contributed by atoms with Crippen molar-refractivity contribution in [2.75, 3.05) is 0 Å². The van der Waals surface area contributed by atoms with Crippen molar-refractivity contribution in [3.63, 3.8) is 0 Å². The Morgan fingerprint density at radius 2 is 2.25 bits per heavy atom. The number of benzene rings is 1. The van der Waals surface area contributed by atoms with Gasteiger partial charge in [0.1, 0.15) is 0 Å². The molecule has 2 N–H and O–H groups in total. The smallest absolute Gasteiger partial charge is 0.0300 e. The molecule has 1 nitrogen and oxygen atoms in total. The lowest BCUT2D eigenvalue weighted by atomic mass is 10.0. The van der Waals surface area contributed by atoms with E-state index in [0.717, 1.165) is 12.8 Å². The third-order valence-electron chi connectivity index (χ3n) is 2.67. The zero-order valence-corrected chi connectivity index (χ0v) is 8.69. The van der Waals surface area contributed by atoms with E-state index in [-0.39, 0.29) is 6.04 Å². The van der Waals surface area contributed by atoms with Crippen molar-refractivity contribution >= 4 is 15.9 Å². The molecule has 0 fully saturated rings. The van der Waals surface area contributed by atoms with Crippen LogP contribution in [0, 0.1) is 6.92 Å². The molecule has 0 aromatic heterocycles. The molecular formula is C10H12BrN. The topological polar surface area (TPSA) is 26.0 Å². The van der Waals surface area contributed by atoms with Crippen molar-refractivity contribution in [2.45, 2.75) is 25.8 Å². The van der Waals surface area contributed by atoms with Crippen molar-refractivity contribution in [2.24, 2.45) is 5.73 Å². The first-order valence-corrected chi connectivity index (χ1v) is 5.03. The third-order valence-corrected chi connectivity index (χ3v) is 3.53. The van der Waals surface area contributed by atoms with E-state index in [9.17, 15) is 0 Å². The van der Waals surface area contributed by atoms with Crippen LogP contribution in [0.2, 0.25) is 0 Å². The number of halogens is 1. The molecular weight excluding hydrogens is 214 g/mol. The maximum Gasteiger partial charge on any atom is 0.0300 e. The SMILES string of the molecule is Cc1c(Br)ccc2c1CC[C@@H]2N. The highest BCUT2D eigenvalue weighted by Crippen LogP contribution is 2.34. The van der Waals surface area contributed by atoms with E-state index in [1.165, 1.54) is 21.2 Å². The van der Waals surface area contributed by atoms with Gasteiger partial charge in [0.2, 0.25) is 0 Å². The van der Waals surface area contributed by atoms with E-state index in [4.69, 9.17) is 5.73 Å². The van der Waals surface area contributed by atoms with Crippen LogP contribution in [0.5, 0.6) is 0 Å². The summed E-state index contributed by atoms with van der Waals surface area (Å²) < 4.78 is 1.20. The predicted octanol–water partition coefficient (Wildman–Crippen LogP) is 2.70. The molecule has 0 aliphatic heterocycles. The average molecular weight is 226 g/mol. The van der Waals surface area contributed by atoms with Gasteiger partial charge in [0.05, 0.1) is 0 Å². The van der Waals surface area contributed by atoms with Crippen molar-refractivity contribution in [3.8, 4) is 0 Å². The summed E-state index contributed by atoms with van der Waals surface area (Å²) in [5.41, 5.74) is 10.1. The summed E-state index contributed by atoms with van der Waals surface area (Å²) in [5, 5.41) is 0. The van der Waals surface area contributed by atoms with Crippen LogP contribution in [0.3, 0.4) is 0 Å². The molecule has 12 heavy (non-hydrogen) atoms. The zero-order valence-electron chi connectivity index (χ0n) is 7.10. The zero-order chi connectivity index (χ0) is 8.72. The maximum atomic E-state index is 5.95. The summed E-state index contributed by atoms with van der Waals surface area (Å²) >= 11 is 3.53. The summed E-state index contributed by atoms with van der Waals surface area (Å²) in [6, 6.07) is 4.51. The molecule has 1 aromatic carbocycles. The standard InChI is InChI=1S/C10H12BrN/c1-6-7-3-5-10(12)8(7)2-4-9(6)11/h2,4,10H,3,5,12H2,1H3/t10-/m0/s1. The van der Waals surface area contributed by atoms with Gasteiger partial charge < -0.3 is 5.73 Å². The lowest BCUT2D eigenvalue weighted by Crippen LogP contribution is -2.05. The molecule has 1 aliphatic rings. The normalized spacial score (nSPS) is 21.1. The van der Waals surface area contributed by atoms with Crippen LogP contribution in [0.25, 0.3) is 0 Å². The van der Waals surface area contributed by atoms with E-state index >= 15 is 0 Å². The first kappa shape index (κ1) is 8.27. The number of hydrogen-bond acceptors (Lipinski definition) is 1. The molecule has 1 aromatic rings. The molecule has 2 rings (SSSR count). The summed E-state index contributed by atoms with van der Waals surface area (Å²) in [6.07, 6.45) is 2.24. The van der Waals surface area contributed by atoms with Crippen molar-refractivity contribution < 1.29 is 0 Å². The summed E-state index contributed by atoms with van der Waals surface area (Å²) in [5.74, 6) is 0. The number of rotatable bonds is 0. The predicted molar refractivity (Wildman–Crippen MR) is 54.1 cm³/mol. The average Bonchev–Trinajstić information content (AvgIpc) is 2.41. The fourth-order valence-corrected chi connectivity index (χ4v) is 2.26. The van der Waals surface area contributed by atoms with E-state index < -0.39 is 0 Å². The van der Waals surface area contributed by atoms with Crippen LogP contribution in [0.4, 0.5) is 0 Å². The summed E-state index contributed by atoms with van der Waals surface area (Å²) in [7, 11) is 0. The van der Waals surface area contributed by atoms with Crippen LogP contribution in [-0.2, 0) is 6.42 Å². The van der Waals surface area contributed by atoms with Crippen LogP contribution in [-0.4, -0.2) is 0 Å². The number of hydrogen-bond donors (Lipinski definition) is 1. The van der Waals surface area contributed by atoms with Gasteiger partial charge in [-0.05, 0) is 42.5 Å². The minimum atomic E-state index is 0.270. The molecule has 0 saturated carbocycles. The van der Waals surface area contributed by atoms with Gasteiger partial charge in [-0.3, -0.25) is 0 Å². The van der Waals surface area contributed by atoms with Crippen LogP contribution < -0.4 is 5.73 Å². The Kier molecular flexibility index (Phi) is 1.97. The molecule has 1 atom stereocenters. The number of nitrogens with two attached hydrogens (primary N) is 1. The second-order valence-electron chi connectivity index (χ2n) is 3.39. The third kappa shape index (κ3) is 1.10. The lowest BCUT2D eigenvalue weighted by Gasteiger charge is -2.07. The van der Waals surface area contributed by atoms with Gasteiger partial charge in [-0.25, -0.2) is 0 Å². The van der Waals surface area contributed by atoms with Gasteiger partial charge in [-0.2, -0.15) is 0 Å². The van der Waals surface area contributed by atoms with Gasteiger partial charge in [0.15, 0.2) is 0 Å². The Bertz CT molecular complexity index is 320. The molecule has 0 unspecified atom stereocenters. The Balaban J connectivity index is 2.60. The Labute approximate surface area is 81.1 Å². The maximum absolute atomic E-state index is 5.95. The van der Waals surface area contributed by atoms with Gasteiger partial charge >= 0.3 is 0 Å². The fourth-order valence-electron chi connectivity index (χ4n) is 1.88.